The number of para-hydroxylation sites is 1. The third-order valence-corrected chi connectivity index (χ3v) is 8.04. The van der Waals surface area contributed by atoms with Gasteiger partial charge in [-0.15, -0.1) is 11.3 Å². The minimum atomic E-state index is -0.750. The van der Waals surface area contributed by atoms with Crippen molar-refractivity contribution in [3.63, 3.8) is 0 Å². The number of nitrogens with one attached hydrogen (secondary N) is 1. The molecule has 0 fully saturated rings. The van der Waals surface area contributed by atoms with E-state index in [1.807, 2.05) is 24.3 Å². The van der Waals surface area contributed by atoms with Crippen LogP contribution in [0.4, 0.5) is 10.1 Å². The van der Waals surface area contributed by atoms with Gasteiger partial charge in [-0.05, 0) is 60.0 Å². The standard InChI is InChI=1S/C34H32FN3O3S.O2S/c1-3-16-36-22-23-9-12-25(13-10-23)32-21-29-34(42-32)31(15-17-37-29)41-30-14-11-24(19-28(30)35)18-27(39)20-33(40)38(2)26-7-5-4-6-8-26;1-3-2/h4-15,17,19,21,36H,3,16,18,20,22H2,1-2H3;. The molecule has 1 amide bonds. The van der Waals surface area contributed by atoms with Crippen molar-refractivity contribution in [2.24, 2.45) is 0 Å². The Morgan fingerprint density at radius 1 is 0.956 bits per heavy atom. The third-order valence-electron chi connectivity index (χ3n) is 6.85. The van der Waals surface area contributed by atoms with Crippen LogP contribution in [-0.2, 0) is 34.1 Å². The van der Waals surface area contributed by atoms with Crippen molar-refractivity contribution in [2.75, 3.05) is 18.5 Å². The van der Waals surface area contributed by atoms with Crippen LogP contribution in [0.3, 0.4) is 0 Å². The van der Waals surface area contributed by atoms with Crippen LogP contribution < -0.4 is 15.0 Å². The van der Waals surface area contributed by atoms with Crippen LogP contribution in [0.2, 0.25) is 0 Å². The SMILES string of the molecule is CCCNCc1ccc(-c2cc3nccc(Oc4ccc(CC(=O)CC(=O)N(C)c5ccccc5)cc4F)c3s2)cc1.O=S=O. The van der Waals surface area contributed by atoms with E-state index in [4.69, 9.17) is 13.2 Å². The molecule has 232 valence electrons. The van der Waals surface area contributed by atoms with Crippen molar-refractivity contribution < 1.29 is 27.1 Å². The molecule has 0 saturated heterocycles. The summed E-state index contributed by atoms with van der Waals surface area (Å²) in [7, 11) is 1.63. The zero-order chi connectivity index (χ0) is 32.2. The first-order valence-corrected chi connectivity index (χ1v) is 15.7. The van der Waals surface area contributed by atoms with Crippen molar-refractivity contribution in [1.82, 2.24) is 10.3 Å². The van der Waals surface area contributed by atoms with Crippen LogP contribution in [-0.4, -0.2) is 38.7 Å². The average molecular weight is 646 g/mol. The number of benzene rings is 3. The highest BCUT2D eigenvalue weighted by molar-refractivity contribution is 7.51. The molecule has 0 atom stereocenters. The zero-order valence-electron chi connectivity index (χ0n) is 24.8. The number of thiophene rings is 1. The predicted molar refractivity (Wildman–Crippen MR) is 176 cm³/mol. The number of rotatable bonds is 12. The van der Waals surface area contributed by atoms with Gasteiger partial charge in [0.15, 0.2) is 11.6 Å². The van der Waals surface area contributed by atoms with E-state index in [2.05, 4.69) is 41.5 Å². The smallest absolute Gasteiger partial charge is 0.335 e. The number of aromatic nitrogens is 1. The number of hydrogen-bond donors (Lipinski definition) is 1. The molecule has 0 unspecified atom stereocenters. The van der Waals surface area contributed by atoms with Crippen LogP contribution in [0, 0.1) is 5.82 Å². The van der Waals surface area contributed by atoms with E-state index < -0.39 is 17.4 Å². The fourth-order valence-electron chi connectivity index (χ4n) is 4.56. The fourth-order valence-corrected chi connectivity index (χ4v) is 5.63. The Balaban J connectivity index is 0.00000148. The molecule has 5 rings (SSSR count). The topological polar surface area (TPSA) is 106 Å². The van der Waals surface area contributed by atoms with Gasteiger partial charge in [0.2, 0.25) is 5.91 Å². The van der Waals surface area contributed by atoms with Gasteiger partial charge in [0.25, 0.3) is 0 Å². The summed E-state index contributed by atoms with van der Waals surface area (Å²) in [5.74, 6) is -0.625. The number of pyridine rings is 1. The maximum atomic E-state index is 15.1. The van der Waals surface area contributed by atoms with Crippen molar-refractivity contribution in [1.29, 1.82) is 0 Å². The fraction of sp³-hybridized carbons (Fsp3) is 0.206. The lowest BCUT2D eigenvalue weighted by molar-refractivity contribution is -0.126. The third kappa shape index (κ3) is 9.21. The lowest BCUT2D eigenvalue weighted by Gasteiger charge is -2.16. The Hall–Kier alpha value is -4.58. The van der Waals surface area contributed by atoms with E-state index in [1.54, 1.807) is 48.8 Å². The first-order chi connectivity index (χ1) is 21.8. The number of ketones is 1. The molecule has 0 radical (unpaired) electrons. The normalized spacial score (nSPS) is 10.6. The summed E-state index contributed by atoms with van der Waals surface area (Å²) in [5, 5.41) is 3.41. The number of halogens is 1. The minimum absolute atomic E-state index is 0.0488. The highest BCUT2D eigenvalue weighted by Gasteiger charge is 2.17. The molecule has 1 N–H and O–H groups in total. The zero-order valence-corrected chi connectivity index (χ0v) is 26.5. The van der Waals surface area contributed by atoms with Crippen molar-refractivity contribution in [3.8, 4) is 21.9 Å². The molecule has 45 heavy (non-hydrogen) atoms. The number of fused-ring (bicyclic) bond motifs is 1. The summed E-state index contributed by atoms with van der Waals surface area (Å²) >= 11 is 0.791. The molecule has 0 aliphatic heterocycles. The van der Waals surface area contributed by atoms with Gasteiger partial charge in [0.1, 0.15) is 11.5 Å². The van der Waals surface area contributed by atoms with Crippen LogP contribution in [0.5, 0.6) is 11.5 Å². The molecular formula is C34H32FN3O5S2. The van der Waals surface area contributed by atoms with E-state index in [9.17, 15) is 9.59 Å². The van der Waals surface area contributed by atoms with Gasteiger partial charge in [-0.25, -0.2) is 4.39 Å². The number of nitrogens with zero attached hydrogens (tertiary/aromatic N) is 2. The summed E-state index contributed by atoms with van der Waals surface area (Å²) in [4.78, 5) is 32.1. The summed E-state index contributed by atoms with van der Waals surface area (Å²) in [6.07, 6.45) is 2.43. The quantitative estimate of drug-likeness (QED) is 0.116. The van der Waals surface area contributed by atoms with E-state index in [-0.39, 0.29) is 30.3 Å². The molecule has 11 heteroatoms. The largest absolute Gasteiger partial charge is 0.453 e. The molecular weight excluding hydrogens is 614 g/mol. The van der Waals surface area contributed by atoms with Crippen LogP contribution in [0.25, 0.3) is 20.7 Å². The molecule has 2 heterocycles. The molecule has 0 aliphatic carbocycles. The number of carbonyl (C=O) groups excluding carboxylic acids is 2. The maximum Gasteiger partial charge on any atom is 0.335 e. The lowest BCUT2D eigenvalue weighted by atomic mass is 10.1. The van der Waals surface area contributed by atoms with Gasteiger partial charge in [-0.3, -0.25) is 14.6 Å². The van der Waals surface area contributed by atoms with E-state index in [1.165, 1.54) is 22.6 Å². The summed E-state index contributed by atoms with van der Waals surface area (Å²) in [6, 6.07) is 25.7. The second-order valence-electron chi connectivity index (χ2n) is 10.1. The Labute approximate surface area is 268 Å². The second kappa shape index (κ2) is 16.5. The van der Waals surface area contributed by atoms with Gasteiger partial charge in [-0.1, -0.05) is 55.5 Å². The number of anilines is 1. The summed E-state index contributed by atoms with van der Waals surface area (Å²) < 4.78 is 38.5. The van der Waals surface area contributed by atoms with Crippen LogP contribution in [0.1, 0.15) is 30.9 Å². The Kier molecular flexibility index (Phi) is 12.2. The Bertz CT molecular complexity index is 1790. The second-order valence-corrected chi connectivity index (χ2v) is 11.3. The van der Waals surface area contributed by atoms with Crippen LogP contribution in [0.15, 0.2) is 91.1 Å². The van der Waals surface area contributed by atoms with Gasteiger partial charge in [0.05, 0.1) is 16.6 Å². The van der Waals surface area contributed by atoms with Crippen molar-refractivity contribution in [3.05, 3.63) is 108 Å². The maximum absolute atomic E-state index is 15.1. The highest BCUT2D eigenvalue weighted by Crippen LogP contribution is 2.39. The number of Topliss-reactive ketones (excluding diaryl/α,β-unsaturated/α-hetero) is 1. The van der Waals surface area contributed by atoms with Gasteiger partial charge >= 0.3 is 11.6 Å². The van der Waals surface area contributed by atoms with E-state index in [0.29, 0.717) is 17.0 Å². The number of amides is 1. The lowest BCUT2D eigenvalue weighted by Crippen LogP contribution is -2.28. The number of hydrogen-bond acceptors (Lipinski definition) is 8. The van der Waals surface area contributed by atoms with E-state index in [0.717, 1.165) is 40.2 Å². The average Bonchev–Trinajstić information content (AvgIpc) is 3.49. The molecule has 3 aromatic carbocycles. The molecule has 5 aromatic rings. The Morgan fingerprint density at radius 2 is 1.67 bits per heavy atom. The molecule has 0 bridgehead atoms. The molecule has 2 aromatic heterocycles. The minimum Gasteiger partial charge on any atom is -0.453 e. The highest BCUT2D eigenvalue weighted by atomic mass is 32.1. The molecule has 0 aliphatic rings. The predicted octanol–water partition coefficient (Wildman–Crippen LogP) is 6.89. The molecule has 0 spiro atoms. The van der Waals surface area contributed by atoms with E-state index >= 15 is 4.39 Å². The van der Waals surface area contributed by atoms with Crippen molar-refractivity contribution >= 4 is 50.5 Å². The molecule has 8 nitrogen and oxygen atoms in total. The first-order valence-electron chi connectivity index (χ1n) is 14.2. The number of carbonyl (C=O) groups is 2. The van der Waals surface area contributed by atoms with Gasteiger partial charge < -0.3 is 15.0 Å². The van der Waals surface area contributed by atoms with Gasteiger partial charge in [0, 0.05) is 42.8 Å². The number of ether oxygens (including phenoxy) is 1. The summed E-state index contributed by atoms with van der Waals surface area (Å²) in [6.45, 7) is 3.97. The van der Waals surface area contributed by atoms with Gasteiger partial charge in [-0.2, -0.15) is 8.42 Å². The molecule has 0 saturated carbocycles. The Morgan fingerprint density at radius 3 is 2.36 bits per heavy atom. The first kappa shape index (κ1) is 33.3. The summed E-state index contributed by atoms with van der Waals surface area (Å²) in [5.41, 5.74) is 4.26. The monoisotopic (exact) mass is 645 g/mol. The van der Waals surface area contributed by atoms with Crippen molar-refractivity contribution in [2.45, 2.75) is 32.7 Å². The van der Waals surface area contributed by atoms with Crippen LogP contribution >= 0.6 is 11.3 Å².